The van der Waals surface area contributed by atoms with E-state index in [1.54, 1.807) is 7.11 Å². The molecule has 0 aliphatic carbocycles. The van der Waals surface area contributed by atoms with Crippen LogP contribution in [0, 0.1) is 0 Å². The van der Waals surface area contributed by atoms with Crippen molar-refractivity contribution in [1.82, 2.24) is 5.32 Å². The van der Waals surface area contributed by atoms with Gasteiger partial charge in [-0.3, -0.25) is 0 Å². The van der Waals surface area contributed by atoms with Crippen LogP contribution in [0.25, 0.3) is 0 Å². The van der Waals surface area contributed by atoms with Gasteiger partial charge in [-0.15, -0.1) is 6.58 Å². The van der Waals surface area contributed by atoms with E-state index in [0.717, 1.165) is 44.0 Å². The van der Waals surface area contributed by atoms with E-state index in [2.05, 4.69) is 31.0 Å². The van der Waals surface area contributed by atoms with Crippen LogP contribution in [0.2, 0.25) is 0 Å². The second kappa shape index (κ2) is 10.3. The van der Waals surface area contributed by atoms with Crippen LogP contribution in [0.15, 0.2) is 30.9 Å². The minimum absolute atomic E-state index is 0.734. The molecule has 1 N–H and O–H groups in total. The van der Waals surface area contributed by atoms with Crippen molar-refractivity contribution in [1.29, 1.82) is 0 Å². The van der Waals surface area contributed by atoms with Gasteiger partial charge in [0.1, 0.15) is 0 Å². The number of unbranched alkanes of at least 4 members (excludes halogenated alkanes) is 3. The number of nitrogens with one attached hydrogen (secondary N) is 1. The zero-order chi connectivity index (χ0) is 14.6. The molecular weight excluding hydrogens is 250 g/mol. The van der Waals surface area contributed by atoms with E-state index < -0.39 is 0 Å². The molecule has 0 aliphatic heterocycles. The Hall–Kier alpha value is -1.48. The summed E-state index contributed by atoms with van der Waals surface area (Å²) in [5.41, 5.74) is 1.22. The summed E-state index contributed by atoms with van der Waals surface area (Å²) in [6.45, 7) is 8.39. The van der Waals surface area contributed by atoms with Crippen LogP contribution < -0.4 is 14.8 Å². The van der Waals surface area contributed by atoms with Gasteiger partial charge in [0.15, 0.2) is 11.5 Å². The van der Waals surface area contributed by atoms with Crippen molar-refractivity contribution in [3.63, 3.8) is 0 Å². The summed E-state index contributed by atoms with van der Waals surface area (Å²) in [7, 11) is 1.68. The third-order valence-electron chi connectivity index (χ3n) is 3.12. The smallest absolute Gasteiger partial charge is 0.161 e. The third kappa shape index (κ3) is 6.11. The fourth-order valence-electron chi connectivity index (χ4n) is 1.96. The van der Waals surface area contributed by atoms with Gasteiger partial charge in [-0.1, -0.05) is 19.1 Å². The molecule has 0 atom stereocenters. The predicted octanol–water partition coefficient (Wildman–Crippen LogP) is 3.93. The van der Waals surface area contributed by atoms with Crippen molar-refractivity contribution in [2.45, 2.75) is 39.2 Å². The van der Waals surface area contributed by atoms with Gasteiger partial charge in [0.05, 0.1) is 13.7 Å². The first-order valence-electron chi connectivity index (χ1n) is 7.43. The molecular formula is C17H27NO2. The topological polar surface area (TPSA) is 30.5 Å². The number of methoxy groups -OCH3 is 1. The summed E-state index contributed by atoms with van der Waals surface area (Å²) in [5.74, 6) is 1.64. The zero-order valence-electron chi connectivity index (χ0n) is 12.8. The molecule has 3 nitrogen and oxygen atoms in total. The molecule has 0 aliphatic rings. The summed E-state index contributed by atoms with van der Waals surface area (Å²) >= 11 is 0. The molecule has 0 bridgehead atoms. The van der Waals surface area contributed by atoms with E-state index in [9.17, 15) is 0 Å². The maximum atomic E-state index is 5.85. The van der Waals surface area contributed by atoms with Crippen LogP contribution in [0.3, 0.4) is 0 Å². The molecule has 0 aromatic heterocycles. The highest BCUT2D eigenvalue weighted by atomic mass is 16.5. The van der Waals surface area contributed by atoms with Crippen molar-refractivity contribution in [2.24, 2.45) is 0 Å². The maximum absolute atomic E-state index is 5.85. The summed E-state index contributed by atoms with van der Waals surface area (Å²) in [6.07, 6.45) is 6.47. The van der Waals surface area contributed by atoms with Crippen LogP contribution >= 0.6 is 0 Å². The Morgan fingerprint density at radius 1 is 1.20 bits per heavy atom. The first kappa shape index (κ1) is 16.6. The molecule has 1 rings (SSSR count). The van der Waals surface area contributed by atoms with Gasteiger partial charge in [-0.05, 0) is 49.9 Å². The first-order valence-corrected chi connectivity index (χ1v) is 7.43. The minimum Gasteiger partial charge on any atom is -0.493 e. The number of hydrogen-bond donors (Lipinski definition) is 1. The van der Waals surface area contributed by atoms with Crippen molar-refractivity contribution in [3.8, 4) is 11.5 Å². The maximum Gasteiger partial charge on any atom is 0.161 e. The van der Waals surface area contributed by atoms with Gasteiger partial charge in [0.25, 0.3) is 0 Å². The molecule has 0 fully saturated rings. The van der Waals surface area contributed by atoms with E-state index in [-0.39, 0.29) is 0 Å². The Kier molecular flexibility index (Phi) is 8.56. The number of ether oxygens (including phenoxy) is 2. The second-order valence-corrected chi connectivity index (χ2v) is 4.75. The zero-order valence-corrected chi connectivity index (χ0v) is 12.8. The monoisotopic (exact) mass is 277 g/mol. The molecule has 0 saturated heterocycles. The van der Waals surface area contributed by atoms with Crippen LogP contribution in [0.1, 0.15) is 38.2 Å². The molecule has 3 heteroatoms. The average Bonchev–Trinajstić information content (AvgIpc) is 2.48. The SMILES string of the molecule is C=CCCCCCOc1cc(CNCC)ccc1OC. The average molecular weight is 277 g/mol. The lowest BCUT2D eigenvalue weighted by Gasteiger charge is -2.12. The van der Waals surface area contributed by atoms with E-state index in [1.807, 2.05) is 12.1 Å². The quantitative estimate of drug-likeness (QED) is 0.491. The fourth-order valence-corrected chi connectivity index (χ4v) is 1.96. The summed E-state index contributed by atoms with van der Waals surface area (Å²) in [6, 6.07) is 6.10. The normalized spacial score (nSPS) is 10.3. The molecule has 112 valence electrons. The lowest BCUT2D eigenvalue weighted by atomic mass is 10.2. The molecule has 0 radical (unpaired) electrons. The van der Waals surface area contributed by atoms with Gasteiger partial charge in [0.2, 0.25) is 0 Å². The summed E-state index contributed by atoms with van der Waals surface area (Å²) in [5, 5.41) is 3.31. The van der Waals surface area contributed by atoms with Crippen molar-refractivity contribution in [2.75, 3.05) is 20.3 Å². The first-order chi connectivity index (χ1) is 9.81. The molecule has 0 heterocycles. The Bertz CT molecular complexity index is 391. The summed E-state index contributed by atoms with van der Waals surface area (Å²) in [4.78, 5) is 0. The van der Waals surface area contributed by atoms with E-state index >= 15 is 0 Å². The lowest BCUT2D eigenvalue weighted by Crippen LogP contribution is -2.11. The lowest BCUT2D eigenvalue weighted by molar-refractivity contribution is 0.285. The van der Waals surface area contributed by atoms with Gasteiger partial charge >= 0.3 is 0 Å². The molecule has 0 saturated carbocycles. The highest BCUT2D eigenvalue weighted by molar-refractivity contribution is 5.42. The highest BCUT2D eigenvalue weighted by Gasteiger charge is 2.05. The number of rotatable bonds is 11. The van der Waals surface area contributed by atoms with Crippen LogP contribution in [0.5, 0.6) is 11.5 Å². The summed E-state index contributed by atoms with van der Waals surface area (Å²) < 4.78 is 11.2. The number of allylic oxidation sites excluding steroid dienone is 1. The Morgan fingerprint density at radius 3 is 2.75 bits per heavy atom. The molecule has 0 unspecified atom stereocenters. The highest BCUT2D eigenvalue weighted by Crippen LogP contribution is 2.28. The molecule has 1 aromatic rings. The Labute approximate surface area is 123 Å². The second-order valence-electron chi connectivity index (χ2n) is 4.75. The van der Waals surface area contributed by atoms with E-state index in [0.29, 0.717) is 0 Å². The molecule has 0 spiro atoms. The van der Waals surface area contributed by atoms with Gasteiger partial charge in [-0.2, -0.15) is 0 Å². The fraction of sp³-hybridized carbons (Fsp3) is 0.529. The number of benzene rings is 1. The Morgan fingerprint density at radius 2 is 2.05 bits per heavy atom. The predicted molar refractivity (Wildman–Crippen MR) is 84.5 cm³/mol. The third-order valence-corrected chi connectivity index (χ3v) is 3.12. The Balaban J connectivity index is 2.46. The molecule has 20 heavy (non-hydrogen) atoms. The van der Waals surface area contributed by atoms with Crippen molar-refractivity contribution < 1.29 is 9.47 Å². The van der Waals surface area contributed by atoms with E-state index in [4.69, 9.17) is 9.47 Å². The van der Waals surface area contributed by atoms with Crippen LogP contribution in [-0.2, 0) is 6.54 Å². The van der Waals surface area contributed by atoms with Gasteiger partial charge in [-0.25, -0.2) is 0 Å². The van der Waals surface area contributed by atoms with Gasteiger partial charge in [0, 0.05) is 6.54 Å². The minimum atomic E-state index is 0.734. The van der Waals surface area contributed by atoms with Crippen LogP contribution in [0.4, 0.5) is 0 Å². The van der Waals surface area contributed by atoms with E-state index in [1.165, 1.54) is 18.4 Å². The number of hydrogen-bond acceptors (Lipinski definition) is 3. The standard InChI is InChI=1S/C17H27NO2/c1-4-6-7-8-9-12-20-17-13-15(14-18-5-2)10-11-16(17)19-3/h4,10-11,13,18H,1,5-9,12,14H2,2-3H3. The van der Waals surface area contributed by atoms with Crippen molar-refractivity contribution >= 4 is 0 Å². The van der Waals surface area contributed by atoms with Crippen molar-refractivity contribution in [3.05, 3.63) is 36.4 Å². The van der Waals surface area contributed by atoms with Crippen LogP contribution in [-0.4, -0.2) is 20.3 Å². The van der Waals surface area contributed by atoms with Gasteiger partial charge < -0.3 is 14.8 Å². The molecule has 0 amide bonds. The molecule has 1 aromatic carbocycles. The largest absolute Gasteiger partial charge is 0.493 e.